The molecule has 2 N–H and O–H groups in total. The number of carbonyl (C=O) groups excluding carboxylic acids is 2. The SMILES string of the molecule is COc1ccccc1OCC(=O)NNC(=O)c1ccc(OCCC(C)C)cc1. The van der Waals surface area contributed by atoms with Crippen molar-refractivity contribution in [3.63, 3.8) is 0 Å². The highest BCUT2D eigenvalue weighted by Crippen LogP contribution is 2.25. The van der Waals surface area contributed by atoms with Crippen molar-refractivity contribution >= 4 is 11.8 Å². The van der Waals surface area contributed by atoms with Crippen molar-refractivity contribution in [2.75, 3.05) is 20.3 Å². The van der Waals surface area contributed by atoms with Gasteiger partial charge in [-0.2, -0.15) is 0 Å². The molecule has 0 saturated heterocycles. The Morgan fingerprint density at radius 1 is 0.929 bits per heavy atom. The first-order valence-electron chi connectivity index (χ1n) is 9.07. The van der Waals surface area contributed by atoms with Crippen LogP contribution in [0.15, 0.2) is 48.5 Å². The van der Waals surface area contributed by atoms with Gasteiger partial charge in [0.05, 0.1) is 13.7 Å². The van der Waals surface area contributed by atoms with Crippen molar-refractivity contribution in [3.8, 4) is 17.2 Å². The van der Waals surface area contributed by atoms with E-state index in [1.807, 2.05) is 0 Å². The number of hydrogen-bond acceptors (Lipinski definition) is 5. The number of nitrogens with one attached hydrogen (secondary N) is 2. The van der Waals surface area contributed by atoms with E-state index in [-0.39, 0.29) is 6.61 Å². The van der Waals surface area contributed by atoms with E-state index in [2.05, 4.69) is 24.7 Å². The van der Waals surface area contributed by atoms with Gasteiger partial charge in [-0.25, -0.2) is 0 Å². The molecule has 0 radical (unpaired) electrons. The number of methoxy groups -OCH3 is 1. The van der Waals surface area contributed by atoms with E-state index in [9.17, 15) is 9.59 Å². The molecular formula is C21H26N2O5. The third-order valence-corrected chi connectivity index (χ3v) is 3.82. The molecule has 0 fully saturated rings. The quantitative estimate of drug-likeness (QED) is 0.647. The topological polar surface area (TPSA) is 85.9 Å². The maximum absolute atomic E-state index is 12.1. The van der Waals surface area contributed by atoms with Crippen LogP contribution in [0.3, 0.4) is 0 Å². The Balaban J connectivity index is 1.75. The van der Waals surface area contributed by atoms with Crippen molar-refractivity contribution in [2.45, 2.75) is 20.3 Å². The summed E-state index contributed by atoms with van der Waals surface area (Å²) >= 11 is 0. The average Bonchev–Trinajstić information content (AvgIpc) is 2.71. The van der Waals surface area contributed by atoms with Crippen LogP contribution in [-0.2, 0) is 4.79 Å². The standard InChI is InChI=1S/C21H26N2O5/c1-15(2)12-13-27-17-10-8-16(9-11-17)21(25)23-22-20(24)14-28-19-7-5-4-6-18(19)26-3/h4-11,15H,12-14H2,1-3H3,(H,22,24)(H,23,25). The third-order valence-electron chi connectivity index (χ3n) is 3.82. The van der Waals surface area contributed by atoms with E-state index in [1.54, 1.807) is 48.5 Å². The van der Waals surface area contributed by atoms with Crippen LogP contribution in [0.2, 0.25) is 0 Å². The molecule has 0 spiro atoms. The fourth-order valence-electron chi connectivity index (χ4n) is 2.23. The van der Waals surface area contributed by atoms with Crippen LogP contribution in [-0.4, -0.2) is 32.1 Å². The number of carbonyl (C=O) groups is 2. The Bertz CT molecular complexity index is 775. The van der Waals surface area contributed by atoms with Gasteiger partial charge in [0.2, 0.25) is 0 Å². The molecule has 2 rings (SSSR count). The molecule has 0 atom stereocenters. The Morgan fingerprint density at radius 2 is 1.61 bits per heavy atom. The summed E-state index contributed by atoms with van der Waals surface area (Å²) in [7, 11) is 1.52. The highest BCUT2D eigenvalue weighted by molar-refractivity contribution is 5.95. The highest BCUT2D eigenvalue weighted by atomic mass is 16.5. The predicted octanol–water partition coefficient (Wildman–Crippen LogP) is 2.96. The number of hydrazine groups is 1. The van der Waals surface area contributed by atoms with E-state index in [4.69, 9.17) is 14.2 Å². The summed E-state index contributed by atoms with van der Waals surface area (Å²) in [6.45, 7) is 4.63. The van der Waals surface area contributed by atoms with Crippen LogP contribution < -0.4 is 25.1 Å². The lowest BCUT2D eigenvalue weighted by Crippen LogP contribution is -2.43. The highest BCUT2D eigenvalue weighted by Gasteiger charge is 2.10. The summed E-state index contributed by atoms with van der Waals surface area (Å²) in [5.41, 5.74) is 5.07. The van der Waals surface area contributed by atoms with Crippen molar-refractivity contribution in [3.05, 3.63) is 54.1 Å². The lowest BCUT2D eigenvalue weighted by atomic mass is 10.1. The minimum atomic E-state index is -0.493. The minimum Gasteiger partial charge on any atom is -0.494 e. The first-order chi connectivity index (χ1) is 13.5. The van der Waals surface area contributed by atoms with E-state index < -0.39 is 11.8 Å². The number of rotatable bonds is 9. The summed E-state index contributed by atoms with van der Waals surface area (Å²) < 4.78 is 16.1. The molecule has 2 aromatic rings. The summed E-state index contributed by atoms with van der Waals surface area (Å²) in [4.78, 5) is 24.0. The fourth-order valence-corrected chi connectivity index (χ4v) is 2.23. The number of ether oxygens (including phenoxy) is 3. The van der Waals surface area contributed by atoms with Gasteiger partial charge < -0.3 is 14.2 Å². The van der Waals surface area contributed by atoms with Crippen LogP contribution in [0.5, 0.6) is 17.2 Å². The average molecular weight is 386 g/mol. The molecule has 0 aromatic heterocycles. The van der Waals surface area contributed by atoms with Crippen LogP contribution in [0.1, 0.15) is 30.6 Å². The summed E-state index contributed by atoms with van der Waals surface area (Å²) in [5, 5.41) is 0. The zero-order chi connectivity index (χ0) is 20.4. The molecule has 2 aromatic carbocycles. The van der Waals surface area contributed by atoms with E-state index in [0.717, 1.165) is 6.42 Å². The molecule has 2 amide bonds. The molecule has 0 saturated carbocycles. The van der Waals surface area contributed by atoms with E-state index >= 15 is 0 Å². The molecule has 150 valence electrons. The van der Waals surface area contributed by atoms with Crippen molar-refractivity contribution in [2.24, 2.45) is 5.92 Å². The van der Waals surface area contributed by atoms with Crippen LogP contribution in [0.25, 0.3) is 0 Å². The third kappa shape index (κ3) is 6.83. The molecule has 28 heavy (non-hydrogen) atoms. The molecule has 7 heteroatoms. The first kappa shape index (κ1) is 21.1. The van der Waals surface area contributed by atoms with Crippen molar-refractivity contribution in [1.82, 2.24) is 10.9 Å². The Morgan fingerprint density at radius 3 is 2.25 bits per heavy atom. The zero-order valence-corrected chi connectivity index (χ0v) is 16.4. The van der Waals surface area contributed by atoms with E-state index in [0.29, 0.717) is 35.3 Å². The minimum absolute atomic E-state index is 0.261. The molecule has 0 aliphatic carbocycles. The number of benzene rings is 2. The second kappa shape index (κ2) is 10.8. The van der Waals surface area contributed by atoms with Crippen molar-refractivity contribution in [1.29, 1.82) is 0 Å². The molecule has 0 unspecified atom stereocenters. The molecular weight excluding hydrogens is 360 g/mol. The van der Waals surface area contributed by atoms with Gasteiger partial charge in [-0.15, -0.1) is 0 Å². The van der Waals surface area contributed by atoms with Gasteiger partial charge in [0, 0.05) is 5.56 Å². The molecule has 0 bridgehead atoms. The summed E-state index contributed by atoms with van der Waals surface area (Å²) in [5.74, 6) is 1.31. The van der Waals surface area contributed by atoms with E-state index in [1.165, 1.54) is 7.11 Å². The van der Waals surface area contributed by atoms with Gasteiger partial charge in [-0.3, -0.25) is 20.4 Å². The lowest BCUT2D eigenvalue weighted by molar-refractivity contribution is -0.123. The van der Waals surface area contributed by atoms with Gasteiger partial charge in [0.1, 0.15) is 5.75 Å². The van der Waals surface area contributed by atoms with Crippen LogP contribution in [0, 0.1) is 5.92 Å². The Hall–Kier alpha value is -3.22. The largest absolute Gasteiger partial charge is 0.494 e. The number of hydrogen-bond donors (Lipinski definition) is 2. The number of amides is 2. The van der Waals surface area contributed by atoms with Gasteiger partial charge in [-0.1, -0.05) is 26.0 Å². The van der Waals surface area contributed by atoms with Crippen LogP contribution >= 0.6 is 0 Å². The second-order valence-electron chi connectivity index (χ2n) is 6.50. The molecule has 0 heterocycles. The molecule has 0 aliphatic heterocycles. The maximum Gasteiger partial charge on any atom is 0.276 e. The van der Waals surface area contributed by atoms with Gasteiger partial charge >= 0.3 is 0 Å². The van der Waals surface area contributed by atoms with Crippen molar-refractivity contribution < 1.29 is 23.8 Å². The lowest BCUT2D eigenvalue weighted by Gasteiger charge is -2.11. The first-order valence-corrected chi connectivity index (χ1v) is 9.07. The van der Waals surface area contributed by atoms with Crippen LogP contribution in [0.4, 0.5) is 0 Å². The summed E-state index contributed by atoms with van der Waals surface area (Å²) in [6, 6.07) is 13.7. The fraction of sp³-hybridized carbons (Fsp3) is 0.333. The molecule has 7 nitrogen and oxygen atoms in total. The second-order valence-corrected chi connectivity index (χ2v) is 6.50. The maximum atomic E-state index is 12.1. The monoisotopic (exact) mass is 386 g/mol. The predicted molar refractivity (Wildman–Crippen MR) is 105 cm³/mol. The summed E-state index contributed by atoms with van der Waals surface area (Å²) in [6.07, 6.45) is 0.963. The Kier molecular flexibility index (Phi) is 8.14. The zero-order valence-electron chi connectivity index (χ0n) is 16.4. The van der Waals surface area contributed by atoms with Gasteiger partial charge in [-0.05, 0) is 48.7 Å². The molecule has 0 aliphatic rings. The van der Waals surface area contributed by atoms with Gasteiger partial charge in [0.25, 0.3) is 11.8 Å². The van der Waals surface area contributed by atoms with Gasteiger partial charge in [0.15, 0.2) is 18.1 Å². The smallest absolute Gasteiger partial charge is 0.276 e. The Labute approximate surface area is 165 Å². The normalized spacial score (nSPS) is 10.3. The number of para-hydroxylation sites is 2.